The van der Waals surface area contributed by atoms with Gasteiger partial charge in [0.2, 0.25) is 11.8 Å². The van der Waals surface area contributed by atoms with Crippen LogP contribution in [0.5, 0.6) is 5.75 Å². The summed E-state index contributed by atoms with van der Waals surface area (Å²) in [6, 6.07) is 19.4. The Balaban J connectivity index is 2.00. The number of aryl methyl sites for hydroxylation is 1. The lowest BCUT2D eigenvalue weighted by atomic mass is 10.1. The van der Waals surface area contributed by atoms with Crippen LogP contribution in [-0.4, -0.2) is 51.9 Å². The van der Waals surface area contributed by atoms with Gasteiger partial charge in [0.25, 0.3) is 10.0 Å². The van der Waals surface area contributed by atoms with Gasteiger partial charge in [-0.3, -0.25) is 13.9 Å². The van der Waals surface area contributed by atoms with Crippen LogP contribution < -0.4 is 14.4 Å². The monoisotopic (exact) mass is 587 g/mol. The molecule has 0 aliphatic rings. The second kappa shape index (κ2) is 12.2. The van der Waals surface area contributed by atoms with Gasteiger partial charge >= 0.3 is 0 Å². The van der Waals surface area contributed by atoms with Gasteiger partial charge < -0.3 is 15.0 Å². The smallest absolute Gasteiger partial charge is 0.264 e. The van der Waals surface area contributed by atoms with Crippen LogP contribution in [0.2, 0.25) is 0 Å². The van der Waals surface area contributed by atoms with Crippen LogP contribution in [0.4, 0.5) is 5.69 Å². The van der Waals surface area contributed by atoms with Crippen molar-refractivity contribution in [1.29, 1.82) is 0 Å². The van der Waals surface area contributed by atoms with Crippen molar-refractivity contribution in [3.63, 3.8) is 0 Å². The average Bonchev–Trinajstić information content (AvgIpc) is 2.90. The van der Waals surface area contributed by atoms with Crippen molar-refractivity contribution in [1.82, 2.24) is 10.2 Å². The third kappa shape index (κ3) is 6.90. The molecule has 3 aromatic carbocycles. The Labute approximate surface area is 226 Å². The molecule has 0 aromatic heterocycles. The Morgan fingerprint density at radius 2 is 1.57 bits per heavy atom. The zero-order valence-corrected chi connectivity index (χ0v) is 23.5. The van der Waals surface area contributed by atoms with Gasteiger partial charge in [0.1, 0.15) is 18.3 Å². The number of nitrogens with one attached hydrogen (secondary N) is 1. The zero-order valence-electron chi connectivity index (χ0n) is 21.1. The van der Waals surface area contributed by atoms with E-state index in [0.717, 1.165) is 19.9 Å². The van der Waals surface area contributed by atoms with E-state index in [1.807, 2.05) is 6.92 Å². The molecule has 1 unspecified atom stereocenters. The fourth-order valence-corrected chi connectivity index (χ4v) is 5.37. The van der Waals surface area contributed by atoms with E-state index >= 15 is 0 Å². The Morgan fingerprint density at radius 3 is 2.11 bits per heavy atom. The van der Waals surface area contributed by atoms with E-state index in [-0.39, 0.29) is 17.3 Å². The maximum Gasteiger partial charge on any atom is 0.264 e. The number of nitrogens with zero attached hydrogens (tertiary/aromatic N) is 2. The van der Waals surface area contributed by atoms with Gasteiger partial charge in [-0.25, -0.2) is 8.42 Å². The second-order valence-electron chi connectivity index (χ2n) is 8.46. The molecule has 0 spiro atoms. The molecule has 0 aliphatic heterocycles. The first-order valence-electron chi connectivity index (χ1n) is 11.6. The molecule has 10 heteroatoms. The highest BCUT2D eigenvalue weighted by atomic mass is 79.9. The number of rotatable bonds is 10. The van der Waals surface area contributed by atoms with Crippen LogP contribution in [-0.2, 0) is 26.2 Å². The van der Waals surface area contributed by atoms with Crippen molar-refractivity contribution in [2.45, 2.75) is 31.3 Å². The molecule has 2 amide bonds. The molecule has 0 saturated heterocycles. The molecule has 0 radical (unpaired) electrons. The second-order valence-corrected chi connectivity index (χ2v) is 11.2. The predicted octanol–water partition coefficient (Wildman–Crippen LogP) is 4.12. The van der Waals surface area contributed by atoms with Crippen molar-refractivity contribution < 1.29 is 22.7 Å². The molecular formula is C27H30BrN3O5S. The molecule has 3 aromatic rings. The SMILES string of the molecule is CNC(=O)C(C)N(Cc1ccc(OC)cc1)C(=O)CN(c1ccc(Br)cc1)S(=O)(=O)c1ccc(C)cc1. The van der Waals surface area contributed by atoms with Gasteiger partial charge in [-0.2, -0.15) is 0 Å². The van der Waals surface area contributed by atoms with Crippen molar-refractivity contribution in [3.8, 4) is 5.75 Å². The van der Waals surface area contributed by atoms with Crippen molar-refractivity contribution in [2.75, 3.05) is 25.0 Å². The molecule has 1 atom stereocenters. The predicted molar refractivity (Wildman–Crippen MR) is 147 cm³/mol. The Hall–Kier alpha value is -3.37. The van der Waals surface area contributed by atoms with Gasteiger partial charge in [-0.15, -0.1) is 0 Å². The molecule has 3 rings (SSSR count). The van der Waals surface area contributed by atoms with Crippen LogP contribution in [0.25, 0.3) is 0 Å². The summed E-state index contributed by atoms with van der Waals surface area (Å²) in [5, 5.41) is 2.57. The van der Waals surface area contributed by atoms with E-state index in [2.05, 4.69) is 21.2 Å². The Bertz CT molecular complexity index is 1330. The molecular weight excluding hydrogens is 558 g/mol. The fourth-order valence-electron chi connectivity index (χ4n) is 3.69. The number of halogens is 1. The lowest BCUT2D eigenvalue weighted by Crippen LogP contribution is -2.50. The summed E-state index contributed by atoms with van der Waals surface area (Å²) in [5.41, 5.74) is 2.01. The molecule has 196 valence electrons. The van der Waals surface area contributed by atoms with Gasteiger partial charge in [0, 0.05) is 18.1 Å². The number of hydrogen-bond donors (Lipinski definition) is 1. The number of carbonyl (C=O) groups excluding carboxylic acids is 2. The van der Waals surface area contributed by atoms with Gasteiger partial charge in [-0.1, -0.05) is 45.8 Å². The topological polar surface area (TPSA) is 96.0 Å². The molecule has 0 fully saturated rings. The highest BCUT2D eigenvalue weighted by molar-refractivity contribution is 9.10. The minimum atomic E-state index is -4.09. The highest BCUT2D eigenvalue weighted by Crippen LogP contribution is 2.26. The first-order chi connectivity index (χ1) is 17.6. The van der Waals surface area contributed by atoms with E-state index in [1.165, 1.54) is 24.1 Å². The van der Waals surface area contributed by atoms with Crippen molar-refractivity contribution in [2.24, 2.45) is 0 Å². The van der Waals surface area contributed by atoms with E-state index in [0.29, 0.717) is 11.4 Å². The summed E-state index contributed by atoms with van der Waals surface area (Å²) >= 11 is 3.37. The van der Waals surface area contributed by atoms with Gasteiger partial charge in [0.05, 0.1) is 17.7 Å². The quantitative estimate of drug-likeness (QED) is 0.385. The minimum absolute atomic E-state index is 0.0647. The number of carbonyl (C=O) groups is 2. The largest absolute Gasteiger partial charge is 0.497 e. The van der Waals surface area contributed by atoms with E-state index in [9.17, 15) is 18.0 Å². The minimum Gasteiger partial charge on any atom is -0.497 e. The van der Waals surface area contributed by atoms with E-state index < -0.39 is 28.5 Å². The first kappa shape index (κ1) is 28.2. The zero-order chi connectivity index (χ0) is 27.2. The molecule has 0 saturated carbocycles. The normalized spacial score (nSPS) is 11.9. The third-order valence-electron chi connectivity index (χ3n) is 5.93. The molecule has 0 heterocycles. The third-order valence-corrected chi connectivity index (χ3v) is 8.24. The van der Waals surface area contributed by atoms with Gasteiger partial charge in [0.15, 0.2) is 0 Å². The molecule has 0 aliphatic carbocycles. The molecule has 1 N–H and O–H groups in total. The number of anilines is 1. The molecule has 0 bridgehead atoms. The summed E-state index contributed by atoms with van der Waals surface area (Å²) in [7, 11) is -1.04. The molecule has 8 nitrogen and oxygen atoms in total. The van der Waals surface area contributed by atoms with Crippen LogP contribution in [0.15, 0.2) is 82.2 Å². The van der Waals surface area contributed by atoms with E-state index in [4.69, 9.17) is 4.74 Å². The lowest BCUT2D eigenvalue weighted by molar-refractivity contribution is -0.139. The molecule has 37 heavy (non-hydrogen) atoms. The summed E-state index contributed by atoms with van der Waals surface area (Å²) < 4.78 is 34.5. The number of ether oxygens (including phenoxy) is 1. The van der Waals surface area contributed by atoms with Crippen LogP contribution >= 0.6 is 15.9 Å². The number of hydrogen-bond acceptors (Lipinski definition) is 5. The van der Waals surface area contributed by atoms with E-state index in [1.54, 1.807) is 74.7 Å². The van der Waals surface area contributed by atoms with Crippen LogP contribution in [0.1, 0.15) is 18.1 Å². The fraction of sp³-hybridized carbons (Fsp3) is 0.259. The van der Waals surface area contributed by atoms with Crippen molar-refractivity contribution >= 4 is 43.5 Å². The summed E-state index contributed by atoms with van der Waals surface area (Å²) in [4.78, 5) is 27.7. The van der Waals surface area contributed by atoms with Crippen LogP contribution in [0, 0.1) is 6.92 Å². The summed E-state index contributed by atoms with van der Waals surface area (Å²) in [6.07, 6.45) is 0. The van der Waals surface area contributed by atoms with Crippen LogP contribution in [0.3, 0.4) is 0 Å². The summed E-state index contributed by atoms with van der Waals surface area (Å²) in [6.45, 7) is 3.09. The Kier molecular flexibility index (Phi) is 9.34. The van der Waals surface area contributed by atoms with Gasteiger partial charge in [-0.05, 0) is 67.9 Å². The number of amides is 2. The number of methoxy groups -OCH3 is 1. The lowest BCUT2D eigenvalue weighted by Gasteiger charge is -2.31. The average molecular weight is 589 g/mol. The van der Waals surface area contributed by atoms with Crippen molar-refractivity contribution in [3.05, 3.63) is 88.4 Å². The standard InChI is InChI=1S/C27H30BrN3O5S/c1-19-5-15-25(16-6-19)37(34,35)31(23-11-9-22(28)10-12-23)18-26(32)30(20(2)27(33)29-3)17-21-7-13-24(36-4)14-8-21/h5-16,20H,17-18H2,1-4H3,(H,29,33). The number of sulfonamides is 1. The first-order valence-corrected chi connectivity index (χ1v) is 13.8. The number of benzene rings is 3. The summed E-state index contributed by atoms with van der Waals surface area (Å²) in [5.74, 6) is -0.226. The maximum atomic E-state index is 13.7. The number of likely N-dealkylation sites (N-methyl/N-ethyl adjacent to an activating group) is 1. The maximum absolute atomic E-state index is 13.7. The Morgan fingerprint density at radius 1 is 0.973 bits per heavy atom. The highest BCUT2D eigenvalue weighted by Gasteiger charge is 2.32.